The first-order valence-corrected chi connectivity index (χ1v) is 8.52. The highest BCUT2D eigenvalue weighted by Crippen LogP contribution is 2.18. The Labute approximate surface area is 143 Å². The van der Waals surface area contributed by atoms with Gasteiger partial charge in [-0.15, -0.1) is 0 Å². The molecule has 1 aliphatic heterocycles. The average Bonchev–Trinajstić information content (AvgIpc) is 3.00. The number of aryl methyl sites for hydroxylation is 1. The van der Waals surface area contributed by atoms with Crippen LogP contribution in [0.15, 0.2) is 4.52 Å². The number of rotatable bonds is 7. The molecule has 0 spiro atoms. The number of hydrogen-bond donors (Lipinski definition) is 1. The summed E-state index contributed by atoms with van der Waals surface area (Å²) in [5.41, 5.74) is 0. The molecule has 2 amide bonds. The highest BCUT2D eigenvalue weighted by molar-refractivity contribution is 5.74. The Bertz CT molecular complexity index is 514. The number of piperidine rings is 1. The van der Waals surface area contributed by atoms with E-state index >= 15 is 0 Å². The maximum Gasteiger partial charge on any atom is 0.317 e. The first-order chi connectivity index (χ1) is 11.5. The zero-order chi connectivity index (χ0) is 17.5. The lowest BCUT2D eigenvalue weighted by atomic mass is 9.96. The van der Waals surface area contributed by atoms with Gasteiger partial charge in [0.1, 0.15) is 6.04 Å². The van der Waals surface area contributed by atoms with Gasteiger partial charge in [0, 0.05) is 27.2 Å². The van der Waals surface area contributed by atoms with Crippen LogP contribution in [-0.2, 0) is 4.74 Å². The molecule has 1 fully saturated rings. The summed E-state index contributed by atoms with van der Waals surface area (Å²) in [6, 6.07) is -0.405. The van der Waals surface area contributed by atoms with Crippen molar-refractivity contribution in [3.63, 3.8) is 0 Å². The molecule has 1 aromatic heterocycles. The number of methoxy groups -OCH3 is 1. The van der Waals surface area contributed by atoms with Crippen molar-refractivity contribution in [2.75, 3.05) is 46.9 Å². The van der Waals surface area contributed by atoms with Crippen LogP contribution in [0, 0.1) is 12.8 Å². The van der Waals surface area contributed by atoms with Crippen molar-refractivity contribution in [2.45, 2.75) is 32.7 Å². The Morgan fingerprint density at radius 3 is 2.79 bits per heavy atom. The van der Waals surface area contributed by atoms with Crippen molar-refractivity contribution >= 4 is 6.03 Å². The molecule has 0 unspecified atom stereocenters. The maximum atomic E-state index is 12.3. The van der Waals surface area contributed by atoms with Gasteiger partial charge in [0.2, 0.25) is 5.89 Å². The van der Waals surface area contributed by atoms with Gasteiger partial charge in [-0.25, -0.2) is 4.79 Å². The fraction of sp³-hybridized carbons (Fsp3) is 0.812. The monoisotopic (exact) mass is 339 g/mol. The molecule has 136 valence electrons. The molecule has 1 saturated heterocycles. The van der Waals surface area contributed by atoms with Gasteiger partial charge in [-0.05, 0) is 45.7 Å². The molecule has 1 atom stereocenters. The third-order valence-corrected chi connectivity index (χ3v) is 4.45. The van der Waals surface area contributed by atoms with E-state index in [1.54, 1.807) is 18.9 Å². The normalized spacial score (nSPS) is 17.7. The van der Waals surface area contributed by atoms with Gasteiger partial charge < -0.3 is 24.4 Å². The predicted molar refractivity (Wildman–Crippen MR) is 89.7 cm³/mol. The minimum atomic E-state index is -0.294. The van der Waals surface area contributed by atoms with Gasteiger partial charge in [0.15, 0.2) is 5.82 Å². The topological polar surface area (TPSA) is 83.7 Å². The second-order valence-electron chi connectivity index (χ2n) is 6.51. The number of ether oxygens (including phenoxy) is 1. The van der Waals surface area contributed by atoms with Crippen LogP contribution in [0.25, 0.3) is 0 Å². The van der Waals surface area contributed by atoms with E-state index in [4.69, 9.17) is 9.26 Å². The Kier molecular flexibility index (Phi) is 6.99. The minimum Gasteiger partial charge on any atom is -0.383 e. The molecule has 0 bridgehead atoms. The van der Waals surface area contributed by atoms with Gasteiger partial charge in [-0.2, -0.15) is 4.98 Å². The predicted octanol–water partition coefficient (Wildman–Crippen LogP) is 1.44. The Hall–Kier alpha value is -1.67. The lowest BCUT2D eigenvalue weighted by Gasteiger charge is -2.33. The van der Waals surface area contributed by atoms with E-state index in [2.05, 4.69) is 20.4 Å². The van der Waals surface area contributed by atoms with E-state index in [9.17, 15) is 4.79 Å². The Morgan fingerprint density at radius 1 is 1.50 bits per heavy atom. The minimum absolute atomic E-state index is 0.111. The fourth-order valence-corrected chi connectivity index (χ4v) is 2.93. The van der Waals surface area contributed by atoms with E-state index in [0.717, 1.165) is 45.6 Å². The molecular formula is C16H29N5O3. The SMILES string of the molecule is COCCN1CCC(CN(C)C(=O)N[C@@H](C)c2nc(C)no2)CC1. The zero-order valence-electron chi connectivity index (χ0n) is 15.1. The van der Waals surface area contributed by atoms with E-state index in [1.807, 2.05) is 14.0 Å². The van der Waals surface area contributed by atoms with Crippen LogP contribution >= 0.6 is 0 Å². The van der Waals surface area contributed by atoms with Crippen LogP contribution in [0.2, 0.25) is 0 Å². The number of nitrogens with zero attached hydrogens (tertiary/aromatic N) is 4. The molecule has 1 N–H and O–H groups in total. The van der Waals surface area contributed by atoms with Crippen LogP contribution in [0.5, 0.6) is 0 Å². The smallest absolute Gasteiger partial charge is 0.317 e. The van der Waals surface area contributed by atoms with Gasteiger partial charge in [-0.3, -0.25) is 0 Å². The van der Waals surface area contributed by atoms with E-state index in [1.165, 1.54) is 0 Å². The molecule has 2 rings (SSSR count). The highest BCUT2D eigenvalue weighted by Gasteiger charge is 2.23. The van der Waals surface area contributed by atoms with Crippen molar-refractivity contribution in [1.82, 2.24) is 25.3 Å². The highest BCUT2D eigenvalue weighted by atomic mass is 16.5. The molecule has 24 heavy (non-hydrogen) atoms. The molecule has 1 aromatic rings. The first-order valence-electron chi connectivity index (χ1n) is 8.52. The third kappa shape index (κ3) is 5.45. The van der Waals surface area contributed by atoms with Crippen LogP contribution in [0.3, 0.4) is 0 Å². The fourth-order valence-electron chi connectivity index (χ4n) is 2.93. The van der Waals surface area contributed by atoms with Crippen LogP contribution < -0.4 is 5.32 Å². The third-order valence-electron chi connectivity index (χ3n) is 4.45. The molecule has 0 aliphatic carbocycles. The standard InChI is InChI=1S/C16H29N5O3/c1-12(15-18-13(2)19-24-15)17-16(22)20(3)11-14-5-7-21(8-6-14)9-10-23-4/h12,14H,5-11H2,1-4H3,(H,17,22)/t12-/m0/s1. The Morgan fingerprint density at radius 2 is 2.21 bits per heavy atom. The summed E-state index contributed by atoms with van der Waals surface area (Å²) >= 11 is 0. The molecule has 1 aliphatic rings. The maximum absolute atomic E-state index is 12.3. The summed E-state index contributed by atoms with van der Waals surface area (Å²) in [6.45, 7) is 8.27. The van der Waals surface area contributed by atoms with E-state index < -0.39 is 0 Å². The zero-order valence-corrected chi connectivity index (χ0v) is 15.1. The van der Waals surface area contributed by atoms with Crippen molar-refractivity contribution < 1.29 is 14.1 Å². The number of carbonyl (C=O) groups excluding carboxylic acids is 1. The lowest BCUT2D eigenvalue weighted by molar-refractivity contribution is 0.112. The van der Waals surface area contributed by atoms with Gasteiger partial charge in [-0.1, -0.05) is 5.16 Å². The second kappa shape index (κ2) is 8.98. The number of likely N-dealkylation sites (tertiary alicyclic amines) is 1. The number of carbonyl (C=O) groups is 1. The number of urea groups is 1. The molecule has 8 nitrogen and oxygen atoms in total. The second-order valence-corrected chi connectivity index (χ2v) is 6.51. The van der Waals surface area contributed by atoms with Crippen molar-refractivity contribution in [2.24, 2.45) is 5.92 Å². The van der Waals surface area contributed by atoms with Crippen LogP contribution in [0.1, 0.15) is 37.5 Å². The summed E-state index contributed by atoms with van der Waals surface area (Å²) < 4.78 is 10.2. The summed E-state index contributed by atoms with van der Waals surface area (Å²) in [5.74, 6) is 1.54. The summed E-state index contributed by atoms with van der Waals surface area (Å²) in [7, 11) is 3.56. The van der Waals surface area contributed by atoms with Gasteiger partial charge in [0.05, 0.1) is 6.61 Å². The van der Waals surface area contributed by atoms with E-state index in [-0.39, 0.29) is 12.1 Å². The summed E-state index contributed by atoms with van der Waals surface area (Å²) in [5, 5.41) is 6.65. The molecule has 0 aromatic carbocycles. The number of hydrogen-bond acceptors (Lipinski definition) is 6. The van der Waals surface area contributed by atoms with Gasteiger partial charge in [0.25, 0.3) is 0 Å². The van der Waals surface area contributed by atoms with Crippen LogP contribution in [-0.4, -0.2) is 72.9 Å². The molecule has 8 heteroatoms. The first kappa shape index (κ1) is 18.7. The summed E-state index contributed by atoms with van der Waals surface area (Å²) in [6.07, 6.45) is 2.22. The molecule has 0 radical (unpaired) electrons. The Balaban J connectivity index is 1.72. The van der Waals surface area contributed by atoms with Gasteiger partial charge >= 0.3 is 6.03 Å². The quantitative estimate of drug-likeness (QED) is 0.809. The molecular weight excluding hydrogens is 310 g/mol. The average molecular weight is 339 g/mol. The number of amides is 2. The number of aromatic nitrogens is 2. The lowest BCUT2D eigenvalue weighted by Crippen LogP contribution is -2.44. The van der Waals surface area contributed by atoms with Crippen molar-refractivity contribution in [3.8, 4) is 0 Å². The molecule has 0 saturated carbocycles. The van der Waals surface area contributed by atoms with E-state index in [0.29, 0.717) is 17.6 Å². The van der Waals surface area contributed by atoms with Crippen LogP contribution in [0.4, 0.5) is 4.79 Å². The summed E-state index contributed by atoms with van der Waals surface area (Å²) in [4.78, 5) is 20.6. The number of nitrogens with one attached hydrogen (secondary N) is 1. The van der Waals surface area contributed by atoms with Crippen molar-refractivity contribution in [1.29, 1.82) is 0 Å². The largest absolute Gasteiger partial charge is 0.383 e. The molecule has 2 heterocycles. The van der Waals surface area contributed by atoms with Crippen molar-refractivity contribution in [3.05, 3.63) is 11.7 Å².